The Labute approximate surface area is 107 Å². The van der Waals surface area contributed by atoms with Crippen molar-refractivity contribution in [1.29, 1.82) is 0 Å². The van der Waals surface area contributed by atoms with E-state index in [2.05, 4.69) is 5.32 Å². The summed E-state index contributed by atoms with van der Waals surface area (Å²) in [6.07, 6.45) is 1.90. The summed E-state index contributed by atoms with van der Waals surface area (Å²) in [6, 6.07) is 19.0. The minimum absolute atomic E-state index is 0.0902. The van der Waals surface area contributed by atoms with Crippen LogP contribution in [0, 0.1) is 0 Å². The van der Waals surface area contributed by atoms with E-state index in [0.29, 0.717) is 5.56 Å². The van der Waals surface area contributed by atoms with Gasteiger partial charge >= 0.3 is 0 Å². The van der Waals surface area contributed by atoms with E-state index in [1.807, 2.05) is 61.5 Å². The van der Waals surface area contributed by atoms with E-state index in [0.717, 1.165) is 11.3 Å². The van der Waals surface area contributed by atoms with E-state index in [1.165, 1.54) is 0 Å². The lowest BCUT2D eigenvalue weighted by molar-refractivity contribution is 0.0973. The Hall–Kier alpha value is -2.35. The molecule has 90 valence electrons. The van der Waals surface area contributed by atoms with Crippen LogP contribution < -0.4 is 5.32 Å². The molecule has 2 aromatic carbocycles. The molecule has 0 fully saturated rings. The lowest BCUT2D eigenvalue weighted by Gasteiger charge is -2.09. The van der Waals surface area contributed by atoms with Gasteiger partial charge in [0.05, 0.1) is 0 Å². The summed E-state index contributed by atoms with van der Waals surface area (Å²) in [5.41, 5.74) is 2.49. The van der Waals surface area contributed by atoms with Crippen molar-refractivity contribution in [3.63, 3.8) is 0 Å². The van der Waals surface area contributed by atoms with E-state index in [4.69, 9.17) is 0 Å². The average Bonchev–Trinajstić information content (AvgIpc) is 2.46. The number of benzene rings is 2. The Morgan fingerprint density at radius 2 is 1.39 bits per heavy atom. The third kappa shape index (κ3) is 2.86. The maximum Gasteiger partial charge on any atom is 0.255 e. The van der Waals surface area contributed by atoms with Gasteiger partial charge in [-0.15, -0.1) is 0 Å². The molecule has 2 rings (SSSR count). The maximum absolute atomic E-state index is 12.0. The molecule has 1 N–H and O–H groups in total. The van der Waals surface area contributed by atoms with Gasteiger partial charge in [0.2, 0.25) is 0 Å². The highest BCUT2D eigenvalue weighted by Gasteiger charge is 2.07. The molecule has 18 heavy (non-hydrogen) atoms. The van der Waals surface area contributed by atoms with Gasteiger partial charge in [-0.1, -0.05) is 54.6 Å². The summed E-state index contributed by atoms with van der Waals surface area (Å²) in [5, 5.41) is 2.92. The van der Waals surface area contributed by atoms with Gasteiger partial charge in [-0.3, -0.25) is 4.79 Å². The van der Waals surface area contributed by atoms with Crippen LogP contribution in [-0.2, 0) is 0 Å². The third-order valence-corrected chi connectivity index (χ3v) is 2.66. The molecule has 0 spiro atoms. The standard InChI is InChI=1S/C16H15NO/c1-2-15(13-9-5-3-6-10-13)17-16(18)14-11-7-4-8-12-14/h2-12H,1H3,(H,17,18)/b15-2-. The molecule has 0 saturated heterocycles. The molecule has 0 aliphatic rings. The summed E-state index contributed by atoms with van der Waals surface area (Å²) in [7, 11) is 0. The SMILES string of the molecule is C/C=C(\NC(=O)c1ccccc1)c1ccccc1. The summed E-state index contributed by atoms with van der Waals surface area (Å²) in [4.78, 5) is 12.0. The van der Waals surface area contributed by atoms with Crippen molar-refractivity contribution >= 4 is 11.6 Å². The first-order valence-corrected chi connectivity index (χ1v) is 5.89. The second-order valence-electron chi connectivity index (χ2n) is 3.89. The fraction of sp³-hybridized carbons (Fsp3) is 0.0625. The molecule has 2 nitrogen and oxygen atoms in total. The summed E-state index contributed by atoms with van der Waals surface area (Å²) in [6.45, 7) is 1.91. The lowest BCUT2D eigenvalue weighted by Crippen LogP contribution is -2.21. The zero-order chi connectivity index (χ0) is 12.8. The number of allylic oxidation sites excluding steroid dienone is 1. The number of hydrogen-bond donors (Lipinski definition) is 1. The van der Waals surface area contributed by atoms with Gasteiger partial charge < -0.3 is 5.32 Å². The van der Waals surface area contributed by atoms with Crippen molar-refractivity contribution in [2.75, 3.05) is 0 Å². The van der Waals surface area contributed by atoms with Crippen molar-refractivity contribution in [1.82, 2.24) is 5.32 Å². The molecule has 0 heterocycles. The fourth-order valence-corrected chi connectivity index (χ4v) is 1.71. The van der Waals surface area contributed by atoms with Crippen LogP contribution in [0.15, 0.2) is 66.7 Å². The van der Waals surface area contributed by atoms with Crippen LogP contribution in [0.1, 0.15) is 22.8 Å². The van der Waals surface area contributed by atoms with Crippen molar-refractivity contribution in [2.45, 2.75) is 6.92 Å². The molecule has 0 radical (unpaired) electrons. The van der Waals surface area contributed by atoms with Crippen molar-refractivity contribution in [3.8, 4) is 0 Å². The summed E-state index contributed by atoms with van der Waals surface area (Å²) >= 11 is 0. The Bertz CT molecular complexity index is 544. The van der Waals surface area contributed by atoms with Crippen LogP contribution in [0.4, 0.5) is 0 Å². The van der Waals surface area contributed by atoms with E-state index in [9.17, 15) is 4.79 Å². The fourth-order valence-electron chi connectivity index (χ4n) is 1.71. The van der Waals surface area contributed by atoms with Crippen molar-refractivity contribution in [2.24, 2.45) is 0 Å². The van der Waals surface area contributed by atoms with Gasteiger partial charge in [0.25, 0.3) is 5.91 Å². The summed E-state index contributed by atoms with van der Waals surface area (Å²) in [5.74, 6) is -0.0902. The molecule has 0 aromatic heterocycles. The molecule has 2 heteroatoms. The Morgan fingerprint density at radius 1 is 0.889 bits per heavy atom. The predicted molar refractivity (Wildman–Crippen MR) is 74.0 cm³/mol. The second-order valence-corrected chi connectivity index (χ2v) is 3.89. The molecule has 0 saturated carbocycles. The average molecular weight is 237 g/mol. The second kappa shape index (κ2) is 5.82. The van der Waals surface area contributed by atoms with E-state index >= 15 is 0 Å². The van der Waals surface area contributed by atoms with Crippen LogP contribution in [0.5, 0.6) is 0 Å². The van der Waals surface area contributed by atoms with E-state index in [1.54, 1.807) is 12.1 Å². The zero-order valence-electron chi connectivity index (χ0n) is 10.3. The minimum atomic E-state index is -0.0902. The van der Waals surface area contributed by atoms with Gasteiger partial charge in [0.1, 0.15) is 0 Å². The Balaban J connectivity index is 2.16. The van der Waals surface area contributed by atoms with Crippen LogP contribution in [0.25, 0.3) is 5.70 Å². The highest BCUT2D eigenvalue weighted by atomic mass is 16.1. The number of nitrogens with one attached hydrogen (secondary N) is 1. The van der Waals surface area contributed by atoms with Gasteiger partial charge in [-0.25, -0.2) is 0 Å². The van der Waals surface area contributed by atoms with Gasteiger partial charge in [-0.2, -0.15) is 0 Å². The number of hydrogen-bond acceptors (Lipinski definition) is 1. The summed E-state index contributed by atoms with van der Waals surface area (Å²) < 4.78 is 0. The smallest absolute Gasteiger partial charge is 0.255 e. The normalized spacial score (nSPS) is 11.1. The number of carbonyl (C=O) groups is 1. The maximum atomic E-state index is 12.0. The number of carbonyl (C=O) groups excluding carboxylic acids is 1. The van der Waals surface area contributed by atoms with Crippen LogP contribution in [0.2, 0.25) is 0 Å². The minimum Gasteiger partial charge on any atom is -0.322 e. The first-order chi connectivity index (χ1) is 8.81. The largest absolute Gasteiger partial charge is 0.322 e. The van der Waals surface area contributed by atoms with E-state index < -0.39 is 0 Å². The molecule has 1 amide bonds. The monoisotopic (exact) mass is 237 g/mol. The molecular formula is C16H15NO. The van der Waals surface area contributed by atoms with Crippen LogP contribution in [-0.4, -0.2) is 5.91 Å². The molecule has 0 unspecified atom stereocenters. The zero-order valence-corrected chi connectivity index (χ0v) is 10.3. The first-order valence-electron chi connectivity index (χ1n) is 5.89. The first kappa shape index (κ1) is 12.1. The Kier molecular flexibility index (Phi) is 3.92. The molecule has 0 aliphatic heterocycles. The van der Waals surface area contributed by atoms with Gasteiger partial charge in [0, 0.05) is 11.3 Å². The van der Waals surface area contributed by atoms with Crippen molar-refractivity contribution < 1.29 is 4.79 Å². The van der Waals surface area contributed by atoms with E-state index in [-0.39, 0.29) is 5.91 Å². The molecule has 2 aromatic rings. The predicted octanol–water partition coefficient (Wildman–Crippen LogP) is 3.48. The topological polar surface area (TPSA) is 29.1 Å². The quantitative estimate of drug-likeness (QED) is 0.870. The molecule has 0 bridgehead atoms. The van der Waals surface area contributed by atoms with Gasteiger partial charge in [0.15, 0.2) is 0 Å². The van der Waals surface area contributed by atoms with Crippen molar-refractivity contribution in [3.05, 3.63) is 77.9 Å². The number of amides is 1. The van der Waals surface area contributed by atoms with Crippen LogP contribution in [0.3, 0.4) is 0 Å². The Morgan fingerprint density at radius 3 is 1.89 bits per heavy atom. The highest BCUT2D eigenvalue weighted by molar-refractivity contribution is 5.99. The third-order valence-electron chi connectivity index (χ3n) is 2.66. The lowest BCUT2D eigenvalue weighted by atomic mass is 10.1. The molecular weight excluding hydrogens is 222 g/mol. The molecule has 0 aliphatic carbocycles. The number of rotatable bonds is 3. The highest BCUT2D eigenvalue weighted by Crippen LogP contribution is 2.11. The van der Waals surface area contributed by atoms with Gasteiger partial charge in [-0.05, 0) is 24.6 Å². The molecule has 0 atom stereocenters. The van der Waals surface area contributed by atoms with Crippen LogP contribution >= 0.6 is 0 Å².